The molecule has 0 fully saturated rings. The number of nitrogens with two attached hydrogens (primary N) is 1. The van der Waals surface area contributed by atoms with Crippen LogP contribution in [-0.4, -0.2) is 4.98 Å². The van der Waals surface area contributed by atoms with Gasteiger partial charge in [0.1, 0.15) is 0 Å². The normalized spacial score (nSPS) is 10.9. The summed E-state index contributed by atoms with van der Waals surface area (Å²) in [6.07, 6.45) is 0. The van der Waals surface area contributed by atoms with Gasteiger partial charge in [-0.2, -0.15) is 0 Å². The number of nitrogen functional groups attached to an aromatic ring is 1. The molecule has 1 heterocycles. The maximum atomic E-state index is 6.18. The first-order chi connectivity index (χ1) is 9.52. The van der Waals surface area contributed by atoms with Crippen LogP contribution in [0.3, 0.4) is 0 Å². The lowest BCUT2D eigenvalue weighted by Crippen LogP contribution is -1.97. The maximum Gasteiger partial charge on any atom is 0.0907 e. The number of aromatic nitrogens is 1. The van der Waals surface area contributed by atoms with Gasteiger partial charge in [0, 0.05) is 4.47 Å². The average Bonchev–Trinajstić information content (AvgIpc) is 2.73. The predicted octanol–water partition coefficient (Wildman–Crippen LogP) is 5.35. The largest absolute Gasteiger partial charge is 0.397 e. The quantitative estimate of drug-likeness (QED) is 0.600. The molecule has 0 saturated heterocycles. The van der Waals surface area contributed by atoms with E-state index in [1.807, 2.05) is 37.3 Å². The Bertz CT molecular complexity index is 800. The van der Waals surface area contributed by atoms with Crippen LogP contribution < -0.4 is 11.1 Å². The predicted molar refractivity (Wildman–Crippen MR) is 91.2 cm³/mol. The molecule has 1 aromatic heterocycles. The number of hydrogen-bond donors (Lipinski definition) is 2. The molecule has 0 amide bonds. The molecular weight excluding hydrogens is 358 g/mol. The first-order valence-corrected chi connectivity index (χ1v) is 7.90. The fourth-order valence-corrected chi connectivity index (χ4v) is 3.33. The number of aryl methyl sites for hydroxylation is 1. The van der Waals surface area contributed by atoms with Crippen LogP contribution in [0.2, 0.25) is 5.02 Å². The van der Waals surface area contributed by atoms with E-state index in [-0.39, 0.29) is 0 Å². The van der Waals surface area contributed by atoms with Gasteiger partial charge < -0.3 is 11.1 Å². The Morgan fingerprint density at radius 2 is 2.05 bits per heavy atom. The minimum absolute atomic E-state index is 0.641. The van der Waals surface area contributed by atoms with Gasteiger partial charge in [-0.25, -0.2) is 4.98 Å². The Morgan fingerprint density at radius 3 is 2.85 bits per heavy atom. The summed E-state index contributed by atoms with van der Waals surface area (Å²) in [6, 6.07) is 9.53. The van der Waals surface area contributed by atoms with Gasteiger partial charge in [-0.15, -0.1) is 11.3 Å². The van der Waals surface area contributed by atoms with E-state index >= 15 is 0 Å². The van der Waals surface area contributed by atoms with Gasteiger partial charge in [0.05, 0.1) is 37.3 Å². The molecule has 3 nitrogen and oxygen atoms in total. The van der Waals surface area contributed by atoms with E-state index in [0.29, 0.717) is 10.7 Å². The van der Waals surface area contributed by atoms with Crippen molar-refractivity contribution in [3.05, 3.63) is 44.8 Å². The minimum Gasteiger partial charge on any atom is -0.397 e. The molecule has 0 saturated carbocycles. The Hall–Kier alpha value is -1.30. The van der Waals surface area contributed by atoms with Gasteiger partial charge in [0.2, 0.25) is 0 Å². The summed E-state index contributed by atoms with van der Waals surface area (Å²) in [5.74, 6) is 0. The number of nitrogens with zero attached hydrogens (tertiary/aromatic N) is 1. The Labute approximate surface area is 133 Å². The van der Waals surface area contributed by atoms with E-state index in [4.69, 9.17) is 17.3 Å². The highest BCUT2D eigenvalue weighted by atomic mass is 79.9. The summed E-state index contributed by atoms with van der Waals surface area (Å²) in [5.41, 5.74) is 9.32. The molecule has 3 rings (SSSR count). The standard InChI is InChI=1S/C14H11BrClN3S/c1-7-18-13-6-12(10(17)5-14(13)20-7)19-11-4-8(15)2-3-9(11)16/h2-6,19H,17H2,1H3. The van der Waals surface area contributed by atoms with E-state index in [0.717, 1.165) is 31.1 Å². The van der Waals surface area contributed by atoms with Crippen molar-refractivity contribution in [2.24, 2.45) is 0 Å². The molecule has 3 N–H and O–H groups in total. The van der Waals surface area contributed by atoms with Crippen molar-refractivity contribution in [3.8, 4) is 0 Å². The molecular formula is C14H11BrClN3S. The summed E-state index contributed by atoms with van der Waals surface area (Å²) in [6.45, 7) is 1.99. The van der Waals surface area contributed by atoms with Crippen LogP contribution in [0.25, 0.3) is 10.2 Å². The zero-order valence-electron chi connectivity index (χ0n) is 10.6. The molecule has 0 atom stereocenters. The Morgan fingerprint density at radius 1 is 1.25 bits per heavy atom. The Kier molecular flexibility index (Phi) is 3.58. The first kappa shape index (κ1) is 13.7. The van der Waals surface area contributed by atoms with E-state index in [2.05, 4.69) is 26.2 Å². The zero-order chi connectivity index (χ0) is 14.3. The number of hydrogen-bond acceptors (Lipinski definition) is 4. The van der Waals surface area contributed by atoms with Crippen LogP contribution in [0.5, 0.6) is 0 Å². The highest BCUT2D eigenvalue weighted by molar-refractivity contribution is 9.10. The zero-order valence-corrected chi connectivity index (χ0v) is 13.7. The van der Waals surface area contributed by atoms with Crippen molar-refractivity contribution in [1.29, 1.82) is 0 Å². The lowest BCUT2D eigenvalue weighted by molar-refractivity contribution is 1.35. The number of halogens is 2. The first-order valence-electron chi connectivity index (χ1n) is 5.91. The van der Waals surface area contributed by atoms with Crippen molar-refractivity contribution in [3.63, 3.8) is 0 Å². The molecule has 0 aliphatic rings. The highest BCUT2D eigenvalue weighted by Gasteiger charge is 2.08. The van der Waals surface area contributed by atoms with Crippen molar-refractivity contribution in [1.82, 2.24) is 4.98 Å². The molecule has 0 aliphatic carbocycles. The summed E-state index contributed by atoms with van der Waals surface area (Å²) < 4.78 is 2.04. The number of anilines is 3. The van der Waals surface area contributed by atoms with Gasteiger partial charge in [0.15, 0.2) is 0 Å². The second-order valence-electron chi connectivity index (χ2n) is 4.39. The van der Waals surface area contributed by atoms with E-state index < -0.39 is 0 Å². The molecule has 102 valence electrons. The summed E-state index contributed by atoms with van der Waals surface area (Å²) in [5, 5.41) is 4.93. The number of nitrogens with one attached hydrogen (secondary N) is 1. The van der Waals surface area contributed by atoms with Gasteiger partial charge in [-0.05, 0) is 37.3 Å². The van der Waals surface area contributed by atoms with Crippen LogP contribution >= 0.6 is 38.9 Å². The van der Waals surface area contributed by atoms with E-state index in [1.165, 1.54) is 0 Å². The molecule has 0 spiro atoms. The third kappa shape index (κ3) is 2.61. The second-order valence-corrected chi connectivity index (χ2v) is 6.95. The number of thiazole rings is 1. The van der Waals surface area contributed by atoms with Gasteiger partial charge in [-0.3, -0.25) is 0 Å². The lowest BCUT2D eigenvalue weighted by Gasteiger charge is -2.11. The third-order valence-electron chi connectivity index (χ3n) is 2.86. The van der Waals surface area contributed by atoms with Crippen LogP contribution in [0.15, 0.2) is 34.8 Å². The minimum atomic E-state index is 0.641. The van der Waals surface area contributed by atoms with Crippen LogP contribution in [0.4, 0.5) is 17.1 Å². The number of benzene rings is 2. The third-order valence-corrected chi connectivity index (χ3v) is 4.62. The molecule has 0 bridgehead atoms. The maximum absolute atomic E-state index is 6.18. The molecule has 0 aliphatic heterocycles. The van der Waals surface area contributed by atoms with Crippen molar-refractivity contribution < 1.29 is 0 Å². The highest BCUT2D eigenvalue weighted by Crippen LogP contribution is 2.34. The second kappa shape index (κ2) is 5.24. The van der Waals surface area contributed by atoms with Gasteiger partial charge in [-0.1, -0.05) is 27.5 Å². The number of fused-ring (bicyclic) bond motifs is 1. The van der Waals surface area contributed by atoms with Gasteiger partial charge in [0.25, 0.3) is 0 Å². The van der Waals surface area contributed by atoms with Crippen LogP contribution in [-0.2, 0) is 0 Å². The van der Waals surface area contributed by atoms with Gasteiger partial charge >= 0.3 is 0 Å². The SMILES string of the molecule is Cc1nc2cc(Nc3cc(Br)ccc3Cl)c(N)cc2s1. The monoisotopic (exact) mass is 367 g/mol. The van der Waals surface area contributed by atoms with Crippen molar-refractivity contribution >= 4 is 66.1 Å². The summed E-state index contributed by atoms with van der Waals surface area (Å²) >= 11 is 11.2. The fourth-order valence-electron chi connectivity index (χ4n) is 1.95. The van der Waals surface area contributed by atoms with Crippen molar-refractivity contribution in [2.45, 2.75) is 6.92 Å². The van der Waals surface area contributed by atoms with Crippen LogP contribution in [0, 0.1) is 6.92 Å². The summed E-state index contributed by atoms with van der Waals surface area (Å²) in [4.78, 5) is 4.48. The number of rotatable bonds is 2. The lowest BCUT2D eigenvalue weighted by atomic mass is 10.2. The fraction of sp³-hybridized carbons (Fsp3) is 0.0714. The summed E-state index contributed by atoms with van der Waals surface area (Å²) in [7, 11) is 0. The molecule has 0 radical (unpaired) electrons. The van der Waals surface area contributed by atoms with Crippen molar-refractivity contribution in [2.75, 3.05) is 11.1 Å². The van der Waals surface area contributed by atoms with E-state index in [1.54, 1.807) is 11.3 Å². The smallest absolute Gasteiger partial charge is 0.0907 e. The average molecular weight is 369 g/mol. The topological polar surface area (TPSA) is 50.9 Å². The Balaban J connectivity index is 2.05. The molecule has 3 aromatic rings. The van der Waals surface area contributed by atoms with Crippen LogP contribution in [0.1, 0.15) is 5.01 Å². The molecule has 6 heteroatoms. The van der Waals surface area contributed by atoms with E-state index in [9.17, 15) is 0 Å². The molecule has 0 unspecified atom stereocenters. The molecule has 2 aromatic carbocycles. The molecule has 20 heavy (non-hydrogen) atoms.